The number of fused-ring (bicyclic) bond motifs is 1. The maximum absolute atomic E-state index is 4.57. The summed E-state index contributed by atoms with van der Waals surface area (Å²) in [5.41, 5.74) is 5.83. The zero-order chi connectivity index (χ0) is 26.4. The van der Waals surface area contributed by atoms with E-state index in [2.05, 4.69) is 78.2 Å². The Labute approximate surface area is 284 Å². The zero-order valence-electron chi connectivity index (χ0n) is 23.2. The Hall–Kier alpha value is -2.81. The number of aromatic nitrogens is 3. The Morgan fingerprint density at radius 1 is 0.659 bits per heavy atom. The van der Waals surface area contributed by atoms with Crippen LogP contribution >= 0.6 is 0 Å². The van der Waals surface area contributed by atoms with E-state index >= 15 is 0 Å². The van der Waals surface area contributed by atoms with Crippen molar-refractivity contribution in [2.24, 2.45) is 0 Å². The molecule has 0 unspecified atom stereocenters. The van der Waals surface area contributed by atoms with Crippen molar-refractivity contribution >= 4 is 19.2 Å². The third-order valence-electron chi connectivity index (χ3n) is 6.00. The van der Waals surface area contributed by atoms with Gasteiger partial charge in [0.2, 0.25) is 0 Å². The van der Waals surface area contributed by atoms with Gasteiger partial charge in [0, 0.05) is 84.7 Å². The van der Waals surface area contributed by atoms with Gasteiger partial charge in [-0.3, -0.25) is 33.2 Å². The summed E-state index contributed by atoms with van der Waals surface area (Å²) in [5.74, 6) is 0.744. The maximum Gasteiger partial charge on any atom is 0.0751 e. The predicted octanol–water partition coefficient (Wildman–Crippen LogP) is 7.82. The average Bonchev–Trinajstić information content (AvgIpc) is 2.98. The van der Waals surface area contributed by atoms with Gasteiger partial charge < -0.3 is 11.1 Å². The standard InChI is InChI=1S/C21H12N.C14H15N2.B.Ir.Y/c1-2-7-17-14-19(12-11-16(17)6-1)18-8-5-9-20(15-18)21-10-3-4-13-22-21;1-14(2,3)12-9-10-15-13(16-12)11-7-5-4-6-8-11;;;/h1-8,10-11,13-14H;4-7,9-10H,1-3H3;;;/q-3;-1;;;. The summed E-state index contributed by atoms with van der Waals surface area (Å²) in [5, 5.41) is 2.40. The molecule has 0 aliphatic heterocycles. The first-order valence-electron chi connectivity index (χ1n) is 12.5. The van der Waals surface area contributed by atoms with E-state index in [1.807, 2.05) is 85.1 Å². The van der Waals surface area contributed by atoms with Gasteiger partial charge in [-0.15, -0.1) is 65.5 Å². The van der Waals surface area contributed by atoms with Crippen LogP contribution < -0.4 is 0 Å². The van der Waals surface area contributed by atoms with Crippen molar-refractivity contribution in [1.82, 2.24) is 15.0 Å². The van der Waals surface area contributed by atoms with Crippen LogP contribution in [-0.4, -0.2) is 23.4 Å². The summed E-state index contributed by atoms with van der Waals surface area (Å²) in [4.78, 5) is 13.2. The van der Waals surface area contributed by atoms with Crippen LogP contribution in [0.15, 0.2) is 109 Å². The minimum Gasteiger partial charge on any atom is -0.352 e. The summed E-state index contributed by atoms with van der Waals surface area (Å²) in [6.45, 7) is 6.44. The van der Waals surface area contributed by atoms with Gasteiger partial charge in [-0.1, -0.05) is 62.2 Å². The number of benzene rings is 4. The van der Waals surface area contributed by atoms with Crippen LogP contribution in [0.2, 0.25) is 0 Å². The molecule has 2 aromatic heterocycles. The third-order valence-corrected chi connectivity index (χ3v) is 6.00. The molecule has 4 aromatic carbocycles. The molecule has 0 atom stereocenters. The van der Waals surface area contributed by atoms with Crippen molar-refractivity contribution in [2.75, 3.05) is 0 Å². The van der Waals surface area contributed by atoms with Crippen LogP contribution in [-0.2, 0) is 58.2 Å². The predicted molar refractivity (Wildman–Crippen MR) is 160 cm³/mol. The van der Waals surface area contributed by atoms with E-state index in [-0.39, 0.29) is 66.6 Å². The fourth-order valence-electron chi connectivity index (χ4n) is 3.95. The topological polar surface area (TPSA) is 38.7 Å². The normalized spacial score (nSPS) is 10.2. The van der Waals surface area contributed by atoms with Crippen LogP contribution in [0.1, 0.15) is 26.5 Å². The second-order valence-corrected chi connectivity index (χ2v) is 9.87. The Balaban J connectivity index is 0.000000279. The first kappa shape index (κ1) is 34.4. The molecule has 0 saturated heterocycles. The molecule has 201 valence electrons. The van der Waals surface area contributed by atoms with Gasteiger partial charge in [0.05, 0.1) is 5.82 Å². The quantitative estimate of drug-likeness (QED) is 0.136. The molecule has 41 heavy (non-hydrogen) atoms. The molecule has 0 saturated carbocycles. The molecule has 0 N–H and O–H groups in total. The van der Waals surface area contributed by atoms with Crippen molar-refractivity contribution in [3.8, 4) is 33.8 Å². The van der Waals surface area contributed by atoms with Gasteiger partial charge in [0.1, 0.15) is 0 Å². The van der Waals surface area contributed by atoms with E-state index in [1.165, 1.54) is 10.8 Å². The Bertz CT molecular complexity index is 1660. The molecule has 5 radical (unpaired) electrons. The molecular formula is C35H27BIrN3Y-4. The fourth-order valence-corrected chi connectivity index (χ4v) is 3.95. The Morgan fingerprint density at radius 2 is 1.41 bits per heavy atom. The first-order valence-corrected chi connectivity index (χ1v) is 12.5. The molecule has 0 spiro atoms. The molecular weight excluding hydrogens is 754 g/mol. The van der Waals surface area contributed by atoms with Crippen LogP contribution in [0.4, 0.5) is 0 Å². The molecule has 3 nitrogen and oxygen atoms in total. The number of nitrogens with zero attached hydrogens (tertiary/aromatic N) is 3. The summed E-state index contributed by atoms with van der Waals surface area (Å²) < 4.78 is 0. The SMILES string of the molecule is CC(C)(C)c1ccnc(-c2[c-]cccc2)n1.[B].[Ir].[Y].[c-]1ccc(-c2[c-]cc3ccccc3c2)[c-]c1-c1ccccn1. The van der Waals surface area contributed by atoms with E-state index in [4.69, 9.17) is 0 Å². The van der Waals surface area contributed by atoms with E-state index in [1.54, 1.807) is 6.20 Å². The molecule has 0 fully saturated rings. The number of pyridine rings is 1. The van der Waals surface area contributed by atoms with Gasteiger partial charge in [-0.25, -0.2) is 6.07 Å². The maximum atomic E-state index is 4.57. The molecule has 2 heterocycles. The summed E-state index contributed by atoms with van der Waals surface area (Å²) >= 11 is 0. The van der Waals surface area contributed by atoms with E-state index in [0.29, 0.717) is 0 Å². The molecule has 6 heteroatoms. The fraction of sp³-hybridized carbons (Fsp3) is 0.114. The molecule has 0 aliphatic rings. The minimum atomic E-state index is 0. The largest absolute Gasteiger partial charge is 0.352 e. The van der Waals surface area contributed by atoms with E-state index in [0.717, 1.165) is 39.5 Å². The number of rotatable bonds is 3. The van der Waals surface area contributed by atoms with Gasteiger partial charge in [-0.2, -0.15) is 5.56 Å². The van der Waals surface area contributed by atoms with E-state index < -0.39 is 0 Å². The first-order chi connectivity index (χ1) is 18.5. The number of hydrogen-bond donors (Lipinski definition) is 0. The van der Waals surface area contributed by atoms with Crippen molar-refractivity contribution < 1.29 is 52.8 Å². The average molecular weight is 782 g/mol. The summed E-state index contributed by atoms with van der Waals surface area (Å²) in [6.07, 6.45) is 3.59. The van der Waals surface area contributed by atoms with Crippen molar-refractivity contribution in [2.45, 2.75) is 26.2 Å². The van der Waals surface area contributed by atoms with E-state index in [9.17, 15) is 0 Å². The van der Waals surface area contributed by atoms with Crippen molar-refractivity contribution in [3.63, 3.8) is 0 Å². The molecule has 6 aromatic rings. The van der Waals surface area contributed by atoms with Crippen molar-refractivity contribution in [3.05, 3.63) is 139 Å². The van der Waals surface area contributed by atoms with Crippen LogP contribution in [0, 0.1) is 24.3 Å². The van der Waals surface area contributed by atoms with Gasteiger partial charge in [0.25, 0.3) is 0 Å². The summed E-state index contributed by atoms with van der Waals surface area (Å²) in [7, 11) is 0. The number of hydrogen-bond acceptors (Lipinski definition) is 3. The smallest absolute Gasteiger partial charge is 0.0751 e. The summed E-state index contributed by atoms with van der Waals surface area (Å²) in [6, 6.07) is 45.0. The monoisotopic (exact) mass is 782 g/mol. The molecule has 6 rings (SSSR count). The molecule has 0 amide bonds. The van der Waals surface area contributed by atoms with Crippen LogP contribution in [0.25, 0.3) is 44.5 Å². The van der Waals surface area contributed by atoms with Gasteiger partial charge in [0.15, 0.2) is 0 Å². The molecule has 0 aliphatic carbocycles. The van der Waals surface area contributed by atoms with Gasteiger partial charge >= 0.3 is 0 Å². The van der Waals surface area contributed by atoms with Crippen LogP contribution in [0.5, 0.6) is 0 Å². The Kier molecular flexibility index (Phi) is 13.4. The molecule has 0 bridgehead atoms. The zero-order valence-corrected chi connectivity index (χ0v) is 28.5. The minimum absolute atomic E-state index is 0. The van der Waals surface area contributed by atoms with Crippen LogP contribution in [0.3, 0.4) is 0 Å². The third kappa shape index (κ3) is 9.09. The second-order valence-electron chi connectivity index (χ2n) is 9.87. The second kappa shape index (κ2) is 16.0. The van der Waals surface area contributed by atoms with Crippen molar-refractivity contribution in [1.29, 1.82) is 0 Å². The Morgan fingerprint density at radius 3 is 2.12 bits per heavy atom. The van der Waals surface area contributed by atoms with Gasteiger partial charge in [-0.05, 0) is 12.1 Å².